The second-order valence-corrected chi connectivity index (χ2v) is 3.89. The number of hydrogen-bond donors (Lipinski definition) is 2. The average Bonchev–Trinajstić information content (AvgIpc) is 1.99. The van der Waals surface area contributed by atoms with Crippen molar-refractivity contribution in [2.24, 2.45) is 11.8 Å². The molecule has 0 aromatic carbocycles. The fourth-order valence-corrected chi connectivity index (χ4v) is 1.54. The number of aliphatic hydroxyl groups excluding tert-OH is 1. The van der Waals surface area contributed by atoms with Gasteiger partial charge in [0.25, 0.3) is 0 Å². The molecular formula is C10H20O2. The minimum absolute atomic E-state index is 0.0833. The van der Waals surface area contributed by atoms with Crippen LogP contribution >= 0.6 is 0 Å². The summed E-state index contributed by atoms with van der Waals surface area (Å²) in [4.78, 5) is 0. The van der Waals surface area contributed by atoms with Crippen LogP contribution in [0.4, 0.5) is 0 Å². The molecule has 0 aliphatic rings. The third kappa shape index (κ3) is 2.95. The second-order valence-electron chi connectivity index (χ2n) is 3.89. The molecule has 72 valence electrons. The fraction of sp³-hybridized carbons (Fsp3) is 0.800. The van der Waals surface area contributed by atoms with E-state index in [1.165, 1.54) is 0 Å². The maximum atomic E-state index is 9.79. The zero-order valence-electron chi connectivity index (χ0n) is 8.25. The molecule has 2 nitrogen and oxygen atoms in total. The molecule has 2 atom stereocenters. The molecule has 0 saturated carbocycles. The fourth-order valence-electron chi connectivity index (χ4n) is 1.54. The Hall–Kier alpha value is -0.340. The number of allylic oxidation sites excluding steroid dienone is 1. The molecule has 0 fully saturated rings. The quantitative estimate of drug-likeness (QED) is 0.618. The normalized spacial score (nSPS) is 18.8. The van der Waals surface area contributed by atoms with E-state index in [4.69, 9.17) is 5.11 Å². The smallest absolute Gasteiger partial charge is 0.0882 e. The molecule has 0 saturated heterocycles. The van der Waals surface area contributed by atoms with Crippen molar-refractivity contribution in [3.05, 3.63) is 12.7 Å². The third-order valence-electron chi connectivity index (χ3n) is 2.34. The van der Waals surface area contributed by atoms with E-state index in [9.17, 15) is 5.11 Å². The van der Waals surface area contributed by atoms with Crippen LogP contribution in [0.3, 0.4) is 0 Å². The molecule has 0 aliphatic heterocycles. The van der Waals surface area contributed by atoms with Gasteiger partial charge >= 0.3 is 0 Å². The predicted octanol–water partition coefficient (Wildman–Crippen LogP) is 1.58. The first-order valence-electron chi connectivity index (χ1n) is 4.39. The van der Waals surface area contributed by atoms with Crippen LogP contribution in [0.25, 0.3) is 0 Å². The molecule has 1 unspecified atom stereocenters. The third-order valence-corrected chi connectivity index (χ3v) is 2.34. The Morgan fingerprint density at radius 2 is 2.00 bits per heavy atom. The Kier molecular flexibility index (Phi) is 4.50. The summed E-state index contributed by atoms with van der Waals surface area (Å²) in [6.07, 6.45) is 2.53. The molecule has 0 aliphatic carbocycles. The van der Waals surface area contributed by atoms with Crippen molar-refractivity contribution in [1.29, 1.82) is 0 Å². The van der Waals surface area contributed by atoms with Crippen molar-refractivity contribution in [2.45, 2.75) is 32.8 Å². The first-order chi connectivity index (χ1) is 5.45. The number of rotatable bonds is 5. The summed E-state index contributed by atoms with van der Waals surface area (Å²) in [5, 5.41) is 18.7. The minimum atomic E-state index is -0.984. The molecule has 2 heteroatoms. The molecule has 0 rings (SSSR count). The van der Waals surface area contributed by atoms with E-state index in [0.29, 0.717) is 5.92 Å². The van der Waals surface area contributed by atoms with Crippen LogP contribution in [0.5, 0.6) is 0 Å². The van der Waals surface area contributed by atoms with Gasteiger partial charge in [-0.3, -0.25) is 0 Å². The Balaban J connectivity index is 4.37. The van der Waals surface area contributed by atoms with Gasteiger partial charge in [-0.15, -0.1) is 6.58 Å². The summed E-state index contributed by atoms with van der Waals surface area (Å²) in [6.45, 7) is 9.19. The van der Waals surface area contributed by atoms with Crippen LogP contribution in [-0.2, 0) is 0 Å². The van der Waals surface area contributed by atoms with E-state index in [1.807, 2.05) is 13.8 Å². The van der Waals surface area contributed by atoms with Crippen molar-refractivity contribution in [2.75, 3.05) is 6.61 Å². The number of aliphatic hydroxyl groups is 2. The zero-order valence-corrected chi connectivity index (χ0v) is 8.25. The largest absolute Gasteiger partial charge is 0.393 e. The van der Waals surface area contributed by atoms with Crippen LogP contribution in [-0.4, -0.2) is 22.4 Å². The van der Waals surface area contributed by atoms with E-state index in [-0.39, 0.29) is 12.5 Å². The van der Waals surface area contributed by atoms with Gasteiger partial charge in [-0.2, -0.15) is 0 Å². The Morgan fingerprint density at radius 1 is 1.50 bits per heavy atom. The molecule has 0 aromatic heterocycles. The highest BCUT2D eigenvalue weighted by Crippen LogP contribution is 2.27. The molecule has 2 N–H and O–H groups in total. The molecule has 0 heterocycles. The lowest BCUT2D eigenvalue weighted by Gasteiger charge is -2.33. The van der Waals surface area contributed by atoms with Gasteiger partial charge in [0.1, 0.15) is 0 Å². The zero-order chi connectivity index (χ0) is 9.78. The molecule has 0 aromatic rings. The Labute approximate surface area is 74.9 Å². The van der Waals surface area contributed by atoms with Gasteiger partial charge in [-0.25, -0.2) is 0 Å². The average molecular weight is 172 g/mol. The van der Waals surface area contributed by atoms with Crippen LogP contribution in [0.2, 0.25) is 0 Å². The topological polar surface area (TPSA) is 40.5 Å². The van der Waals surface area contributed by atoms with Crippen molar-refractivity contribution < 1.29 is 10.2 Å². The first-order valence-corrected chi connectivity index (χ1v) is 4.39. The molecule has 0 radical (unpaired) electrons. The molecule has 0 spiro atoms. The lowest BCUT2D eigenvalue weighted by atomic mass is 9.79. The summed E-state index contributed by atoms with van der Waals surface area (Å²) < 4.78 is 0. The van der Waals surface area contributed by atoms with Gasteiger partial charge in [-0.1, -0.05) is 19.9 Å². The standard InChI is InChI=1S/C10H20O2/c1-5-6-9(8(2)3)10(4,12)7-11/h5,8-9,11-12H,1,6-7H2,2-4H3/t9?,10-/m0/s1. The monoisotopic (exact) mass is 172 g/mol. The second kappa shape index (κ2) is 4.63. The van der Waals surface area contributed by atoms with Crippen LogP contribution in [0.1, 0.15) is 27.2 Å². The highest BCUT2D eigenvalue weighted by molar-refractivity contribution is 4.88. The molecule has 0 bridgehead atoms. The van der Waals surface area contributed by atoms with Crippen molar-refractivity contribution in [3.63, 3.8) is 0 Å². The van der Waals surface area contributed by atoms with E-state index in [1.54, 1.807) is 13.0 Å². The van der Waals surface area contributed by atoms with Gasteiger partial charge in [0, 0.05) is 0 Å². The summed E-state index contributed by atoms with van der Waals surface area (Å²) in [6, 6.07) is 0. The van der Waals surface area contributed by atoms with E-state index < -0.39 is 5.60 Å². The van der Waals surface area contributed by atoms with Crippen molar-refractivity contribution >= 4 is 0 Å². The SMILES string of the molecule is C=CCC(C(C)C)[C@@](C)(O)CO. The Bertz CT molecular complexity index is 139. The lowest BCUT2D eigenvalue weighted by molar-refractivity contribution is -0.0605. The lowest BCUT2D eigenvalue weighted by Crippen LogP contribution is -2.40. The van der Waals surface area contributed by atoms with Crippen molar-refractivity contribution in [1.82, 2.24) is 0 Å². The van der Waals surface area contributed by atoms with Crippen LogP contribution in [0, 0.1) is 11.8 Å². The highest BCUT2D eigenvalue weighted by Gasteiger charge is 2.32. The molecule has 12 heavy (non-hydrogen) atoms. The van der Waals surface area contributed by atoms with Gasteiger partial charge in [-0.05, 0) is 25.2 Å². The summed E-state index contributed by atoms with van der Waals surface area (Å²) in [5.41, 5.74) is -0.984. The summed E-state index contributed by atoms with van der Waals surface area (Å²) >= 11 is 0. The predicted molar refractivity (Wildman–Crippen MR) is 50.9 cm³/mol. The summed E-state index contributed by atoms with van der Waals surface area (Å²) in [7, 11) is 0. The summed E-state index contributed by atoms with van der Waals surface area (Å²) in [5.74, 6) is 0.435. The van der Waals surface area contributed by atoms with Gasteiger partial charge < -0.3 is 10.2 Å². The Morgan fingerprint density at radius 3 is 2.25 bits per heavy atom. The first kappa shape index (κ1) is 11.7. The van der Waals surface area contributed by atoms with Gasteiger partial charge in [0.15, 0.2) is 0 Å². The highest BCUT2D eigenvalue weighted by atomic mass is 16.3. The molecule has 0 amide bonds. The van der Waals surface area contributed by atoms with Gasteiger partial charge in [0.2, 0.25) is 0 Å². The van der Waals surface area contributed by atoms with Crippen LogP contribution in [0.15, 0.2) is 12.7 Å². The van der Waals surface area contributed by atoms with E-state index in [2.05, 4.69) is 6.58 Å². The number of hydrogen-bond acceptors (Lipinski definition) is 2. The maximum absolute atomic E-state index is 9.79. The molecular weight excluding hydrogens is 152 g/mol. The van der Waals surface area contributed by atoms with E-state index >= 15 is 0 Å². The van der Waals surface area contributed by atoms with Crippen LogP contribution < -0.4 is 0 Å². The minimum Gasteiger partial charge on any atom is -0.393 e. The maximum Gasteiger partial charge on any atom is 0.0882 e. The van der Waals surface area contributed by atoms with Gasteiger partial charge in [0.05, 0.1) is 12.2 Å². The van der Waals surface area contributed by atoms with E-state index in [0.717, 1.165) is 6.42 Å². The van der Waals surface area contributed by atoms with Crippen molar-refractivity contribution in [3.8, 4) is 0 Å².